The Labute approximate surface area is 156 Å². The van der Waals surface area contributed by atoms with E-state index in [0.29, 0.717) is 19.5 Å². The van der Waals surface area contributed by atoms with Crippen molar-refractivity contribution in [3.05, 3.63) is 34.9 Å². The molecule has 25 heavy (non-hydrogen) atoms. The van der Waals surface area contributed by atoms with E-state index in [1.807, 2.05) is 31.2 Å². The quantitative estimate of drug-likeness (QED) is 0.366. The first-order valence-corrected chi connectivity index (χ1v) is 10.6. The molecular formula is C17H29ClN4O2S. The van der Waals surface area contributed by atoms with Gasteiger partial charge in [-0.05, 0) is 44.4 Å². The van der Waals surface area contributed by atoms with Crippen molar-refractivity contribution in [3.8, 4) is 0 Å². The minimum Gasteiger partial charge on any atom is -0.357 e. The molecule has 0 fully saturated rings. The third kappa shape index (κ3) is 8.56. The van der Waals surface area contributed by atoms with Gasteiger partial charge in [0.15, 0.2) is 5.96 Å². The summed E-state index contributed by atoms with van der Waals surface area (Å²) in [6.07, 6.45) is 1.56. The number of guanidine groups is 1. The molecular weight excluding hydrogens is 360 g/mol. The largest absolute Gasteiger partial charge is 0.357 e. The highest BCUT2D eigenvalue weighted by Gasteiger charge is 2.13. The van der Waals surface area contributed by atoms with Crippen molar-refractivity contribution in [3.63, 3.8) is 0 Å². The molecule has 0 spiro atoms. The van der Waals surface area contributed by atoms with Crippen molar-refractivity contribution < 1.29 is 8.42 Å². The zero-order chi connectivity index (χ0) is 18.7. The fraction of sp³-hybridized carbons (Fsp3) is 0.588. The summed E-state index contributed by atoms with van der Waals surface area (Å²) in [6, 6.07) is 7.80. The van der Waals surface area contributed by atoms with Crippen LogP contribution in [0.2, 0.25) is 5.02 Å². The molecule has 6 nitrogen and oxygen atoms in total. The third-order valence-electron chi connectivity index (χ3n) is 3.70. The van der Waals surface area contributed by atoms with Crippen LogP contribution in [-0.2, 0) is 16.4 Å². The average Bonchev–Trinajstić information content (AvgIpc) is 2.60. The molecule has 0 aliphatic carbocycles. The summed E-state index contributed by atoms with van der Waals surface area (Å²) in [6.45, 7) is 6.24. The topological polar surface area (TPSA) is 73.8 Å². The zero-order valence-corrected chi connectivity index (χ0v) is 16.8. The van der Waals surface area contributed by atoms with Crippen LogP contribution in [0.1, 0.15) is 25.8 Å². The Kier molecular flexibility index (Phi) is 9.85. The van der Waals surface area contributed by atoms with E-state index in [2.05, 4.69) is 15.6 Å². The monoisotopic (exact) mass is 388 g/mol. The highest BCUT2D eigenvalue weighted by molar-refractivity contribution is 7.89. The molecule has 1 aromatic carbocycles. The van der Waals surface area contributed by atoms with Gasteiger partial charge in [0.2, 0.25) is 10.0 Å². The predicted molar refractivity (Wildman–Crippen MR) is 106 cm³/mol. The van der Waals surface area contributed by atoms with Gasteiger partial charge in [-0.1, -0.05) is 23.7 Å². The molecule has 0 heterocycles. The van der Waals surface area contributed by atoms with Gasteiger partial charge in [-0.25, -0.2) is 12.7 Å². The number of hydrogen-bond acceptors (Lipinski definition) is 3. The van der Waals surface area contributed by atoms with E-state index in [1.165, 1.54) is 9.87 Å². The first-order chi connectivity index (χ1) is 11.9. The number of benzene rings is 1. The average molecular weight is 389 g/mol. The summed E-state index contributed by atoms with van der Waals surface area (Å²) in [5.41, 5.74) is 1.21. The minimum atomic E-state index is -3.11. The fourth-order valence-corrected chi connectivity index (χ4v) is 3.14. The first kappa shape index (κ1) is 21.7. The van der Waals surface area contributed by atoms with Gasteiger partial charge >= 0.3 is 0 Å². The molecule has 0 aliphatic heterocycles. The number of halogens is 1. The van der Waals surface area contributed by atoms with Gasteiger partial charge in [-0.15, -0.1) is 0 Å². The summed E-state index contributed by atoms with van der Waals surface area (Å²) < 4.78 is 24.8. The van der Waals surface area contributed by atoms with Crippen LogP contribution in [0, 0.1) is 0 Å². The van der Waals surface area contributed by atoms with E-state index in [4.69, 9.17) is 11.6 Å². The smallest absolute Gasteiger partial charge is 0.213 e. The van der Waals surface area contributed by atoms with Gasteiger partial charge in [0, 0.05) is 38.2 Å². The van der Waals surface area contributed by atoms with E-state index in [0.717, 1.165) is 30.5 Å². The molecule has 2 N–H and O–H groups in total. The van der Waals surface area contributed by atoms with Crippen molar-refractivity contribution in [2.75, 3.05) is 39.0 Å². The van der Waals surface area contributed by atoms with Crippen molar-refractivity contribution in [1.29, 1.82) is 0 Å². The lowest BCUT2D eigenvalue weighted by Crippen LogP contribution is -2.38. The van der Waals surface area contributed by atoms with E-state index in [9.17, 15) is 8.42 Å². The molecule has 0 radical (unpaired) electrons. The molecule has 142 valence electrons. The van der Waals surface area contributed by atoms with Crippen LogP contribution in [0.4, 0.5) is 0 Å². The third-order valence-corrected chi connectivity index (χ3v) is 5.82. The Morgan fingerprint density at radius 3 is 2.48 bits per heavy atom. The number of rotatable bonds is 10. The van der Waals surface area contributed by atoms with Gasteiger partial charge in [0.05, 0.1) is 5.75 Å². The van der Waals surface area contributed by atoms with Gasteiger partial charge < -0.3 is 10.6 Å². The number of nitrogens with zero attached hydrogens (tertiary/aromatic N) is 2. The lowest BCUT2D eigenvalue weighted by Gasteiger charge is -2.15. The molecule has 0 aliphatic rings. The van der Waals surface area contributed by atoms with Gasteiger partial charge in [-0.3, -0.25) is 4.99 Å². The molecule has 0 aromatic heterocycles. The van der Waals surface area contributed by atoms with E-state index >= 15 is 0 Å². The maximum Gasteiger partial charge on any atom is 0.213 e. The summed E-state index contributed by atoms with van der Waals surface area (Å²) in [4.78, 5) is 4.49. The van der Waals surface area contributed by atoms with Crippen molar-refractivity contribution in [2.45, 2.75) is 26.7 Å². The van der Waals surface area contributed by atoms with Crippen LogP contribution < -0.4 is 10.6 Å². The van der Waals surface area contributed by atoms with E-state index < -0.39 is 10.0 Å². The molecule has 0 amide bonds. The maximum atomic E-state index is 11.7. The highest BCUT2D eigenvalue weighted by Crippen LogP contribution is 2.09. The summed E-state index contributed by atoms with van der Waals surface area (Å²) in [5, 5.41) is 7.22. The number of hydrogen-bond donors (Lipinski definition) is 2. The second-order valence-corrected chi connectivity index (χ2v) is 8.44. The summed E-state index contributed by atoms with van der Waals surface area (Å²) >= 11 is 5.88. The molecule has 0 bridgehead atoms. The lowest BCUT2D eigenvalue weighted by molar-refractivity contribution is 0.465. The second-order valence-electron chi connectivity index (χ2n) is 5.64. The molecule has 0 unspecified atom stereocenters. The van der Waals surface area contributed by atoms with Crippen LogP contribution >= 0.6 is 11.6 Å². The molecule has 1 aromatic rings. The van der Waals surface area contributed by atoms with Crippen molar-refractivity contribution in [2.24, 2.45) is 4.99 Å². The number of nitrogens with one attached hydrogen (secondary N) is 2. The second kappa shape index (κ2) is 11.3. The molecule has 0 atom stereocenters. The molecule has 0 saturated heterocycles. The van der Waals surface area contributed by atoms with Crippen LogP contribution in [-0.4, -0.2) is 57.7 Å². The van der Waals surface area contributed by atoms with E-state index in [1.54, 1.807) is 14.0 Å². The Morgan fingerprint density at radius 2 is 1.88 bits per heavy atom. The van der Waals surface area contributed by atoms with Gasteiger partial charge in [0.1, 0.15) is 0 Å². The lowest BCUT2D eigenvalue weighted by atomic mass is 10.1. The SMILES string of the molecule is CCNC(=NCCCN(C)S(=O)(=O)CC)NCCc1ccc(Cl)cc1. The Morgan fingerprint density at radius 1 is 1.20 bits per heavy atom. The Hall–Kier alpha value is -1.31. The first-order valence-electron chi connectivity index (χ1n) is 8.59. The van der Waals surface area contributed by atoms with Crippen LogP contribution in [0.15, 0.2) is 29.3 Å². The summed E-state index contributed by atoms with van der Waals surface area (Å²) in [5.74, 6) is 0.874. The minimum absolute atomic E-state index is 0.127. The highest BCUT2D eigenvalue weighted by atomic mass is 35.5. The molecule has 0 saturated carbocycles. The normalized spacial score (nSPS) is 12.4. The molecule has 1 rings (SSSR count). The van der Waals surface area contributed by atoms with Gasteiger partial charge in [-0.2, -0.15) is 0 Å². The summed E-state index contributed by atoms with van der Waals surface area (Å²) in [7, 11) is -1.50. The van der Waals surface area contributed by atoms with E-state index in [-0.39, 0.29) is 5.75 Å². The number of aliphatic imine (C=N–C) groups is 1. The predicted octanol–water partition coefficient (Wildman–Crippen LogP) is 2.11. The Bertz CT molecular complexity index is 633. The van der Waals surface area contributed by atoms with Crippen LogP contribution in [0.25, 0.3) is 0 Å². The van der Waals surface area contributed by atoms with Crippen LogP contribution in [0.3, 0.4) is 0 Å². The Balaban J connectivity index is 2.39. The zero-order valence-electron chi connectivity index (χ0n) is 15.3. The maximum absolute atomic E-state index is 11.7. The van der Waals surface area contributed by atoms with Crippen molar-refractivity contribution in [1.82, 2.24) is 14.9 Å². The van der Waals surface area contributed by atoms with Crippen LogP contribution in [0.5, 0.6) is 0 Å². The fourth-order valence-electron chi connectivity index (χ4n) is 2.16. The standard InChI is InChI=1S/C17H29ClN4O2S/c1-4-19-17(20-12-6-14-22(3)25(23,24)5-2)21-13-11-15-7-9-16(18)10-8-15/h7-10H,4-6,11-14H2,1-3H3,(H2,19,20,21). The van der Waals surface area contributed by atoms with Crippen molar-refractivity contribution >= 4 is 27.6 Å². The van der Waals surface area contributed by atoms with Gasteiger partial charge in [0.25, 0.3) is 0 Å². The number of sulfonamides is 1. The molecule has 8 heteroatoms.